The molecule has 116 valence electrons. The normalized spacial score (nSPS) is 11.0. The van der Waals surface area contributed by atoms with Gasteiger partial charge in [0, 0.05) is 34.3 Å². The Bertz CT molecular complexity index is 807. The van der Waals surface area contributed by atoms with Crippen LogP contribution in [0.3, 0.4) is 0 Å². The molecule has 0 bridgehead atoms. The molecule has 4 nitrogen and oxygen atoms in total. The van der Waals surface area contributed by atoms with Crippen LogP contribution < -0.4 is 5.32 Å². The molecular formula is C17H14ClN3OS. The quantitative estimate of drug-likeness (QED) is 0.714. The van der Waals surface area contributed by atoms with Gasteiger partial charge in [0.1, 0.15) is 0 Å². The molecule has 6 heteroatoms. The third-order valence-corrected chi connectivity index (χ3v) is 4.23. The summed E-state index contributed by atoms with van der Waals surface area (Å²) in [6, 6.07) is 11.3. The molecule has 0 atom stereocenters. The zero-order valence-corrected chi connectivity index (χ0v) is 13.7. The van der Waals surface area contributed by atoms with E-state index >= 15 is 0 Å². The van der Waals surface area contributed by atoms with Crippen LogP contribution in [0.15, 0.2) is 60.2 Å². The highest BCUT2D eigenvalue weighted by atomic mass is 35.5. The lowest BCUT2D eigenvalue weighted by Crippen LogP contribution is -2.19. The van der Waals surface area contributed by atoms with Crippen molar-refractivity contribution in [2.75, 3.05) is 0 Å². The lowest BCUT2D eigenvalue weighted by atomic mass is 10.3. The topological polar surface area (TPSA) is 46.9 Å². The number of rotatable bonds is 5. The maximum Gasteiger partial charge on any atom is 0.244 e. The van der Waals surface area contributed by atoms with Gasteiger partial charge in [-0.3, -0.25) is 4.79 Å². The SMILES string of the molecule is O=C(/C=C/c1cccs1)NCc1cnn(-c2ccc(Cl)cc2)c1. The molecule has 2 aromatic heterocycles. The van der Waals surface area contributed by atoms with Crippen molar-refractivity contribution in [2.45, 2.75) is 6.54 Å². The first-order chi connectivity index (χ1) is 11.2. The van der Waals surface area contributed by atoms with E-state index in [2.05, 4.69) is 10.4 Å². The first-order valence-electron chi connectivity index (χ1n) is 6.99. The highest BCUT2D eigenvalue weighted by Crippen LogP contribution is 2.13. The molecule has 0 fully saturated rings. The zero-order chi connectivity index (χ0) is 16.1. The highest BCUT2D eigenvalue weighted by molar-refractivity contribution is 7.10. The van der Waals surface area contributed by atoms with Gasteiger partial charge >= 0.3 is 0 Å². The van der Waals surface area contributed by atoms with Gasteiger partial charge in [0.25, 0.3) is 0 Å². The summed E-state index contributed by atoms with van der Waals surface area (Å²) in [6.07, 6.45) is 6.96. The van der Waals surface area contributed by atoms with Crippen molar-refractivity contribution in [3.8, 4) is 5.69 Å². The Balaban J connectivity index is 1.57. The van der Waals surface area contributed by atoms with E-state index in [4.69, 9.17) is 11.6 Å². The largest absolute Gasteiger partial charge is 0.348 e. The fourth-order valence-electron chi connectivity index (χ4n) is 1.98. The molecule has 0 saturated heterocycles. The second kappa shape index (κ2) is 7.26. The van der Waals surface area contributed by atoms with Crippen LogP contribution in [0, 0.1) is 0 Å². The minimum absolute atomic E-state index is 0.127. The highest BCUT2D eigenvalue weighted by Gasteiger charge is 2.02. The molecule has 23 heavy (non-hydrogen) atoms. The number of carbonyl (C=O) groups is 1. The molecule has 0 saturated carbocycles. The summed E-state index contributed by atoms with van der Waals surface area (Å²) in [5.41, 5.74) is 1.85. The number of hydrogen-bond acceptors (Lipinski definition) is 3. The fraction of sp³-hybridized carbons (Fsp3) is 0.0588. The first kappa shape index (κ1) is 15.5. The standard InChI is InChI=1S/C17H14ClN3OS/c18-14-3-5-15(6-4-14)21-12-13(11-20-21)10-19-17(22)8-7-16-2-1-9-23-16/h1-9,11-12H,10H2,(H,19,22)/b8-7+. The van der Waals surface area contributed by atoms with E-state index in [0.717, 1.165) is 16.1 Å². The molecule has 1 N–H and O–H groups in total. The monoisotopic (exact) mass is 343 g/mol. The van der Waals surface area contributed by atoms with Crippen molar-refractivity contribution in [1.82, 2.24) is 15.1 Å². The predicted octanol–water partition coefficient (Wildman–Crippen LogP) is 3.92. The summed E-state index contributed by atoms with van der Waals surface area (Å²) in [4.78, 5) is 12.8. The zero-order valence-electron chi connectivity index (χ0n) is 12.1. The Labute approximate surface area is 143 Å². The van der Waals surface area contributed by atoms with E-state index in [-0.39, 0.29) is 5.91 Å². The van der Waals surface area contributed by atoms with Crippen LogP contribution in [0.4, 0.5) is 0 Å². The Morgan fingerprint density at radius 2 is 2.13 bits per heavy atom. The van der Waals surface area contributed by atoms with Gasteiger partial charge in [0.2, 0.25) is 5.91 Å². The third kappa shape index (κ3) is 4.31. The molecule has 0 unspecified atom stereocenters. The molecular weight excluding hydrogens is 330 g/mol. The summed E-state index contributed by atoms with van der Waals surface area (Å²) in [5.74, 6) is -0.127. The first-order valence-corrected chi connectivity index (χ1v) is 8.25. The molecule has 0 radical (unpaired) electrons. The number of nitrogens with one attached hydrogen (secondary N) is 1. The van der Waals surface area contributed by atoms with Crippen LogP contribution in [0.1, 0.15) is 10.4 Å². The molecule has 0 aliphatic carbocycles. The molecule has 0 aliphatic rings. The van der Waals surface area contributed by atoms with Gasteiger partial charge in [-0.2, -0.15) is 5.10 Å². The van der Waals surface area contributed by atoms with Gasteiger partial charge in [0.05, 0.1) is 11.9 Å². The lowest BCUT2D eigenvalue weighted by Gasteiger charge is -2.01. The van der Waals surface area contributed by atoms with Crippen molar-refractivity contribution >= 4 is 34.9 Å². The molecule has 3 aromatic rings. The molecule has 3 rings (SSSR count). The van der Waals surface area contributed by atoms with Gasteiger partial charge in [-0.1, -0.05) is 17.7 Å². The fourth-order valence-corrected chi connectivity index (χ4v) is 2.72. The van der Waals surface area contributed by atoms with Crippen LogP contribution in [-0.2, 0) is 11.3 Å². The van der Waals surface area contributed by atoms with Crippen LogP contribution in [0.5, 0.6) is 0 Å². The Morgan fingerprint density at radius 3 is 2.87 bits per heavy atom. The van der Waals surface area contributed by atoms with Crippen molar-refractivity contribution in [3.05, 3.63) is 75.7 Å². The number of hydrogen-bond donors (Lipinski definition) is 1. The number of thiophene rings is 1. The number of nitrogens with zero attached hydrogens (tertiary/aromatic N) is 2. The van der Waals surface area contributed by atoms with Gasteiger partial charge in [-0.25, -0.2) is 4.68 Å². The maximum absolute atomic E-state index is 11.8. The molecule has 1 aromatic carbocycles. The molecule has 2 heterocycles. The van der Waals surface area contributed by atoms with Crippen LogP contribution in [0.2, 0.25) is 5.02 Å². The number of benzene rings is 1. The molecule has 0 aliphatic heterocycles. The van der Waals surface area contributed by atoms with E-state index in [1.54, 1.807) is 28.3 Å². The Morgan fingerprint density at radius 1 is 1.30 bits per heavy atom. The van der Waals surface area contributed by atoms with Gasteiger partial charge < -0.3 is 5.32 Å². The smallest absolute Gasteiger partial charge is 0.244 e. The Hall–Kier alpha value is -2.37. The number of carbonyl (C=O) groups excluding carboxylic acids is 1. The third-order valence-electron chi connectivity index (χ3n) is 3.14. The average molecular weight is 344 g/mol. The second-order valence-electron chi connectivity index (χ2n) is 4.84. The molecule has 0 spiro atoms. The number of halogens is 1. The minimum atomic E-state index is -0.127. The summed E-state index contributed by atoms with van der Waals surface area (Å²) >= 11 is 7.46. The summed E-state index contributed by atoms with van der Waals surface area (Å²) in [6.45, 7) is 0.432. The van der Waals surface area contributed by atoms with Crippen molar-refractivity contribution in [3.63, 3.8) is 0 Å². The maximum atomic E-state index is 11.8. The second-order valence-corrected chi connectivity index (χ2v) is 6.25. The number of aromatic nitrogens is 2. The van der Waals surface area contributed by atoms with E-state index in [0.29, 0.717) is 11.6 Å². The van der Waals surface area contributed by atoms with E-state index in [9.17, 15) is 4.79 Å². The molecule has 1 amide bonds. The van der Waals surface area contributed by atoms with Crippen LogP contribution in [-0.4, -0.2) is 15.7 Å². The summed E-state index contributed by atoms with van der Waals surface area (Å²) in [5, 5.41) is 9.79. The van der Waals surface area contributed by atoms with Crippen molar-refractivity contribution in [1.29, 1.82) is 0 Å². The van der Waals surface area contributed by atoms with E-state index < -0.39 is 0 Å². The van der Waals surface area contributed by atoms with E-state index in [1.807, 2.05) is 48.0 Å². The lowest BCUT2D eigenvalue weighted by molar-refractivity contribution is -0.116. The summed E-state index contributed by atoms with van der Waals surface area (Å²) < 4.78 is 1.75. The van der Waals surface area contributed by atoms with Crippen molar-refractivity contribution < 1.29 is 4.79 Å². The minimum Gasteiger partial charge on any atom is -0.348 e. The Kier molecular flexibility index (Phi) is 4.90. The number of amides is 1. The predicted molar refractivity (Wildman–Crippen MR) is 93.8 cm³/mol. The van der Waals surface area contributed by atoms with Gasteiger partial charge in [-0.05, 0) is 41.8 Å². The van der Waals surface area contributed by atoms with Crippen LogP contribution in [0.25, 0.3) is 11.8 Å². The van der Waals surface area contributed by atoms with Gasteiger partial charge in [0.15, 0.2) is 0 Å². The summed E-state index contributed by atoms with van der Waals surface area (Å²) in [7, 11) is 0. The van der Waals surface area contributed by atoms with Gasteiger partial charge in [-0.15, -0.1) is 11.3 Å². The van der Waals surface area contributed by atoms with E-state index in [1.165, 1.54) is 6.08 Å². The van der Waals surface area contributed by atoms with Crippen LogP contribution >= 0.6 is 22.9 Å². The van der Waals surface area contributed by atoms with Crippen molar-refractivity contribution in [2.24, 2.45) is 0 Å². The average Bonchev–Trinajstić information content (AvgIpc) is 3.23.